The highest BCUT2D eigenvalue weighted by atomic mass is 19.1. The maximum atomic E-state index is 12.9. The molecule has 3 rings (SSSR count). The Bertz CT molecular complexity index is 514. The Hall–Kier alpha value is -1.88. The van der Waals surface area contributed by atoms with E-state index >= 15 is 0 Å². The van der Waals surface area contributed by atoms with Crippen molar-refractivity contribution in [2.24, 2.45) is 0 Å². The van der Waals surface area contributed by atoms with E-state index in [0.29, 0.717) is 0 Å². The number of anilines is 1. The van der Waals surface area contributed by atoms with Crippen LogP contribution in [0.2, 0.25) is 0 Å². The molecule has 0 saturated carbocycles. The van der Waals surface area contributed by atoms with Crippen LogP contribution in [-0.2, 0) is 0 Å². The molecule has 2 aromatic rings. The summed E-state index contributed by atoms with van der Waals surface area (Å²) in [6.07, 6.45) is 1.78. The second-order valence-electron chi connectivity index (χ2n) is 4.31. The molecule has 18 heavy (non-hydrogen) atoms. The Balaban J connectivity index is 1.93. The highest BCUT2D eigenvalue weighted by molar-refractivity contribution is 5.47. The van der Waals surface area contributed by atoms with Crippen molar-refractivity contribution >= 4 is 5.82 Å². The summed E-state index contributed by atoms with van der Waals surface area (Å²) < 4.78 is 14.8. The smallest absolute Gasteiger partial charge is 0.132 e. The lowest BCUT2D eigenvalue weighted by molar-refractivity contribution is 0.579. The van der Waals surface area contributed by atoms with Crippen molar-refractivity contribution in [3.63, 3.8) is 0 Å². The molecule has 4 nitrogen and oxygen atoms in total. The number of nitrogens with zero attached hydrogens (tertiary/aromatic N) is 3. The van der Waals surface area contributed by atoms with Gasteiger partial charge in [0.25, 0.3) is 0 Å². The third-order valence-electron chi connectivity index (χ3n) is 3.13. The molecule has 0 bridgehead atoms. The number of halogens is 1. The predicted octanol–water partition coefficient (Wildman–Crippen LogP) is 1.42. The maximum Gasteiger partial charge on any atom is 0.132 e. The first-order valence-electron chi connectivity index (χ1n) is 6.10. The molecule has 0 atom stereocenters. The predicted molar refractivity (Wildman–Crippen MR) is 68.6 cm³/mol. The van der Waals surface area contributed by atoms with Crippen LogP contribution in [0.15, 0.2) is 36.5 Å². The molecule has 1 saturated heterocycles. The lowest BCUT2D eigenvalue weighted by atomic mass is 10.3. The average Bonchev–Trinajstić information content (AvgIpc) is 2.90. The third-order valence-corrected chi connectivity index (χ3v) is 3.13. The average molecular weight is 246 g/mol. The van der Waals surface area contributed by atoms with Gasteiger partial charge in [0, 0.05) is 32.2 Å². The van der Waals surface area contributed by atoms with Crippen LogP contribution in [0.4, 0.5) is 10.2 Å². The topological polar surface area (TPSA) is 33.1 Å². The number of nitrogens with one attached hydrogen (secondary N) is 1. The number of hydrogen-bond acceptors (Lipinski definition) is 3. The minimum Gasteiger partial charge on any atom is -0.354 e. The van der Waals surface area contributed by atoms with E-state index in [1.807, 2.05) is 10.7 Å². The van der Waals surface area contributed by atoms with Gasteiger partial charge in [0.1, 0.15) is 11.6 Å². The summed E-state index contributed by atoms with van der Waals surface area (Å²) in [5.74, 6) is 0.831. The van der Waals surface area contributed by atoms with Crippen LogP contribution in [0.25, 0.3) is 5.69 Å². The van der Waals surface area contributed by atoms with Crippen molar-refractivity contribution in [2.45, 2.75) is 0 Å². The number of hydrogen-bond donors (Lipinski definition) is 1. The van der Waals surface area contributed by atoms with Crippen molar-refractivity contribution in [2.75, 3.05) is 31.1 Å². The monoisotopic (exact) mass is 246 g/mol. The quantitative estimate of drug-likeness (QED) is 0.870. The van der Waals surface area contributed by atoms with E-state index in [1.165, 1.54) is 12.1 Å². The van der Waals surface area contributed by atoms with Gasteiger partial charge in [-0.2, -0.15) is 5.10 Å². The zero-order valence-electron chi connectivity index (χ0n) is 10.0. The first kappa shape index (κ1) is 11.2. The van der Waals surface area contributed by atoms with E-state index in [4.69, 9.17) is 0 Å². The molecule has 5 heteroatoms. The van der Waals surface area contributed by atoms with Crippen LogP contribution in [0, 0.1) is 5.82 Å². The molecular weight excluding hydrogens is 231 g/mol. The number of benzene rings is 1. The third kappa shape index (κ3) is 2.09. The van der Waals surface area contributed by atoms with Crippen molar-refractivity contribution in [1.29, 1.82) is 0 Å². The van der Waals surface area contributed by atoms with Gasteiger partial charge in [-0.3, -0.25) is 0 Å². The van der Waals surface area contributed by atoms with E-state index in [-0.39, 0.29) is 5.82 Å². The van der Waals surface area contributed by atoms with Crippen molar-refractivity contribution in [3.05, 3.63) is 42.3 Å². The Labute approximate surface area is 105 Å². The van der Waals surface area contributed by atoms with Crippen LogP contribution in [-0.4, -0.2) is 36.0 Å². The van der Waals surface area contributed by atoms with E-state index in [1.54, 1.807) is 18.3 Å². The molecule has 0 aliphatic carbocycles. The molecule has 1 aromatic carbocycles. The first-order chi connectivity index (χ1) is 8.84. The van der Waals surface area contributed by atoms with Crippen molar-refractivity contribution < 1.29 is 4.39 Å². The van der Waals surface area contributed by atoms with Crippen LogP contribution in [0.3, 0.4) is 0 Å². The van der Waals surface area contributed by atoms with Gasteiger partial charge < -0.3 is 10.2 Å². The molecule has 94 valence electrons. The van der Waals surface area contributed by atoms with Gasteiger partial charge in [0.15, 0.2) is 0 Å². The van der Waals surface area contributed by atoms with E-state index in [2.05, 4.69) is 15.3 Å². The molecule has 0 unspecified atom stereocenters. The zero-order chi connectivity index (χ0) is 12.4. The molecule has 0 amide bonds. The molecule has 0 spiro atoms. The Kier molecular flexibility index (Phi) is 2.98. The zero-order valence-corrected chi connectivity index (χ0v) is 10.0. The summed E-state index contributed by atoms with van der Waals surface area (Å²) in [5.41, 5.74) is 0.884. The fraction of sp³-hybridized carbons (Fsp3) is 0.308. The number of rotatable bonds is 2. The molecule has 1 aromatic heterocycles. The highest BCUT2D eigenvalue weighted by Gasteiger charge is 2.15. The van der Waals surface area contributed by atoms with E-state index < -0.39 is 0 Å². The molecule has 2 heterocycles. The largest absolute Gasteiger partial charge is 0.354 e. The van der Waals surface area contributed by atoms with Crippen molar-refractivity contribution in [3.8, 4) is 5.69 Å². The van der Waals surface area contributed by atoms with Crippen LogP contribution < -0.4 is 10.2 Å². The highest BCUT2D eigenvalue weighted by Crippen LogP contribution is 2.19. The van der Waals surface area contributed by atoms with Gasteiger partial charge in [-0.1, -0.05) is 0 Å². The molecule has 1 aliphatic heterocycles. The molecule has 1 fully saturated rings. The van der Waals surface area contributed by atoms with Gasteiger partial charge in [-0.05, 0) is 24.3 Å². The summed E-state index contributed by atoms with van der Waals surface area (Å²) in [6.45, 7) is 3.89. The maximum absolute atomic E-state index is 12.9. The van der Waals surface area contributed by atoms with E-state index in [0.717, 1.165) is 37.7 Å². The molecule has 1 aliphatic rings. The lowest BCUT2D eigenvalue weighted by Gasteiger charge is -2.29. The minimum atomic E-state index is -0.227. The SMILES string of the molecule is Fc1ccc(-n2nccc2N2CCNCC2)cc1. The second-order valence-corrected chi connectivity index (χ2v) is 4.31. The fourth-order valence-corrected chi connectivity index (χ4v) is 2.21. The van der Waals surface area contributed by atoms with Gasteiger partial charge in [-0.25, -0.2) is 9.07 Å². The summed E-state index contributed by atoms with van der Waals surface area (Å²) in [4.78, 5) is 2.28. The summed E-state index contributed by atoms with van der Waals surface area (Å²) in [7, 11) is 0. The van der Waals surface area contributed by atoms with Crippen LogP contribution >= 0.6 is 0 Å². The van der Waals surface area contributed by atoms with Gasteiger partial charge >= 0.3 is 0 Å². The number of piperazine rings is 1. The summed E-state index contributed by atoms with van der Waals surface area (Å²) in [6, 6.07) is 8.40. The summed E-state index contributed by atoms with van der Waals surface area (Å²) >= 11 is 0. The number of aromatic nitrogens is 2. The van der Waals surface area contributed by atoms with Gasteiger partial charge in [0.2, 0.25) is 0 Å². The fourth-order valence-electron chi connectivity index (χ4n) is 2.21. The van der Waals surface area contributed by atoms with Crippen LogP contribution in [0.1, 0.15) is 0 Å². The Morgan fingerprint density at radius 1 is 1.06 bits per heavy atom. The Morgan fingerprint density at radius 2 is 1.78 bits per heavy atom. The summed E-state index contributed by atoms with van der Waals surface area (Å²) in [5, 5.41) is 7.65. The second kappa shape index (κ2) is 4.78. The molecule has 0 radical (unpaired) electrons. The minimum absolute atomic E-state index is 0.227. The van der Waals surface area contributed by atoms with Gasteiger partial charge in [-0.15, -0.1) is 0 Å². The molecular formula is C13H15FN4. The van der Waals surface area contributed by atoms with Gasteiger partial charge in [0.05, 0.1) is 11.9 Å². The Morgan fingerprint density at radius 3 is 2.50 bits per heavy atom. The molecule has 1 N–H and O–H groups in total. The van der Waals surface area contributed by atoms with Crippen LogP contribution in [0.5, 0.6) is 0 Å². The van der Waals surface area contributed by atoms with E-state index in [9.17, 15) is 4.39 Å². The van der Waals surface area contributed by atoms with Crippen molar-refractivity contribution in [1.82, 2.24) is 15.1 Å². The first-order valence-corrected chi connectivity index (χ1v) is 6.10. The standard InChI is InChI=1S/C13H15FN4/c14-11-1-3-12(4-2-11)18-13(5-6-16-18)17-9-7-15-8-10-17/h1-6,15H,7-10H2. The normalized spacial score (nSPS) is 15.9. The lowest BCUT2D eigenvalue weighted by Crippen LogP contribution is -2.44.